The highest BCUT2D eigenvalue weighted by Crippen LogP contribution is 2.15. The molecule has 0 fully saturated rings. The van der Waals surface area contributed by atoms with Crippen LogP contribution in [-0.2, 0) is 17.8 Å². The lowest BCUT2D eigenvalue weighted by Crippen LogP contribution is -2.31. The molecule has 150 valence electrons. The summed E-state index contributed by atoms with van der Waals surface area (Å²) in [7, 11) is 0. The summed E-state index contributed by atoms with van der Waals surface area (Å²) in [5.41, 5.74) is 1.79. The molecule has 1 heterocycles. The van der Waals surface area contributed by atoms with Gasteiger partial charge in [0.15, 0.2) is 0 Å². The maximum absolute atomic E-state index is 13.0. The van der Waals surface area contributed by atoms with Gasteiger partial charge in [0.2, 0.25) is 5.91 Å². The zero-order valence-electron chi connectivity index (χ0n) is 16.1. The van der Waals surface area contributed by atoms with Gasteiger partial charge in [-0.3, -0.25) is 14.2 Å². The van der Waals surface area contributed by atoms with E-state index < -0.39 is 0 Å². The average Bonchev–Trinajstić information content (AvgIpc) is 2.71. The Morgan fingerprint density at radius 2 is 1.86 bits per heavy atom. The van der Waals surface area contributed by atoms with Crippen molar-refractivity contribution in [3.05, 3.63) is 82.7 Å². The molecule has 0 unspecified atom stereocenters. The fourth-order valence-corrected chi connectivity index (χ4v) is 2.81. The highest BCUT2D eigenvalue weighted by Gasteiger charge is 2.06. The van der Waals surface area contributed by atoms with Crippen LogP contribution in [0.15, 0.2) is 65.7 Å². The molecule has 7 heteroatoms. The van der Waals surface area contributed by atoms with Crippen molar-refractivity contribution in [2.75, 3.05) is 13.2 Å². The molecular formula is C22H22FN3O3. The molecule has 1 N–H and O–H groups in total. The number of ether oxygens (including phenoxy) is 1. The van der Waals surface area contributed by atoms with Crippen molar-refractivity contribution >= 4 is 5.91 Å². The third-order valence-corrected chi connectivity index (χ3v) is 4.29. The molecule has 3 aromatic rings. The standard InChI is InChI=1S/C22H22FN3O3/c1-2-29-19-9-3-16(4-10-19)13-21(27)24-11-12-26-15-25-20(14-22(26)28)17-5-7-18(23)8-6-17/h3-10,14-15H,2,11-13H2,1H3,(H,24,27). The van der Waals surface area contributed by atoms with Crippen LogP contribution in [0.4, 0.5) is 4.39 Å². The van der Waals surface area contributed by atoms with Crippen molar-refractivity contribution in [3.8, 4) is 17.0 Å². The monoisotopic (exact) mass is 395 g/mol. The van der Waals surface area contributed by atoms with Crippen LogP contribution in [0.1, 0.15) is 12.5 Å². The summed E-state index contributed by atoms with van der Waals surface area (Å²) in [5.74, 6) is 0.300. The van der Waals surface area contributed by atoms with Gasteiger partial charge in [0.25, 0.3) is 5.56 Å². The zero-order chi connectivity index (χ0) is 20.6. The minimum absolute atomic E-state index is 0.127. The Kier molecular flexibility index (Phi) is 6.73. The summed E-state index contributed by atoms with van der Waals surface area (Å²) in [5, 5.41) is 2.80. The number of halogens is 1. The number of rotatable bonds is 8. The first-order chi connectivity index (χ1) is 14.0. The first-order valence-corrected chi connectivity index (χ1v) is 9.36. The molecule has 0 aliphatic rings. The Bertz CT molecular complexity index is 1010. The smallest absolute Gasteiger partial charge is 0.253 e. The predicted octanol–water partition coefficient (Wildman–Crippen LogP) is 2.81. The molecule has 29 heavy (non-hydrogen) atoms. The third-order valence-electron chi connectivity index (χ3n) is 4.29. The van der Waals surface area contributed by atoms with Crippen LogP contribution in [0.5, 0.6) is 5.75 Å². The van der Waals surface area contributed by atoms with E-state index in [-0.39, 0.29) is 23.7 Å². The molecule has 0 spiro atoms. The van der Waals surface area contributed by atoms with E-state index in [2.05, 4.69) is 10.3 Å². The van der Waals surface area contributed by atoms with Crippen molar-refractivity contribution < 1.29 is 13.9 Å². The molecule has 0 saturated heterocycles. The van der Waals surface area contributed by atoms with E-state index in [4.69, 9.17) is 4.74 Å². The molecule has 0 atom stereocenters. The number of hydrogen-bond acceptors (Lipinski definition) is 4. The number of nitrogens with one attached hydrogen (secondary N) is 1. The minimum Gasteiger partial charge on any atom is -0.494 e. The molecule has 1 amide bonds. The van der Waals surface area contributed by atoms with Crippen molar-refractivity contribution in [1.82, 2.24) is 14.9 Å². The molecule has 0 bridgehead atoms. The maximum Gasteiger partial charge on any atom is 0.253 e. The summed E-state index contributed by atoms with van der Waals surface area (Å²) < 4.78 is 19.8. The normalized spacial score (nSPS) is 10.6. The van der Waals surface area contributed by atoms with Crippen molar-refractivity contribution in [2.45, 2.75) is 19.9 Å². The molecule has 0 radical (unpaired) electrons. The van der Waals surface area contributed by atoms with Gasteiger partial charge in [0.1, 0.15) is 11.6 Å². The predicted molar refractivity (Wildman–Crippen MR) is 108 cm³/mol. The summed E-state index contributed by atoms with van der Waals surface area (Å²) >= 11 is 0. The number of carbonyl (C=O) groups is 1. The third kappa shape index (κ3) is 5.75. The molecule has 0 aliphatic carbocycles. The lowest BCUT2D eigenvalue weighted by molar-refractivity contribution is -0.120. The van der Waals surface area contributed by atoms with Gasteiger partial charge >= 0.3 is 0 Å². The largest absolute Gasteiger partial charge is 0.494 e. The van der Waals surface area contributed by atoms with E-state index in [9.17, 15) is 14.0 Å². The van der Waals surface area contributed by atoms with E-state index in [0.29, 0.717) is 31.0 Å². The number of benzene rings is 2. The van der Waals surface area contributed by atoms with Crippen LogP contribution in [0.3, 0.4) is 0 Å². The SMILES string of the molecule is CCOc1ccc(CC(=O)NCCn2cnc(-c3ccc(F)cc3)cc2=O)cc1. The number of hydrogen-bond donors (Lipinski definition) is 1. The van der Waals surface area contributed by atoms with Crippen molar-refractivity contribution in [2.24, 2.45) is 0 Å². The first kappa shape index (κ1) is 20.3. The fourth-order valence-electron chi connectivity index (χ4n) is 2.81. The Hall–Kier alpha value is -3.48. The number of carbonyl (C=O) groups excluding carboxylic acids is 1. The summed E-state index contributed by atoms with van der Waals surface area (Å²) in [6.07, 6.45) is 1.68. The van der Waals surface area contributed by atoms with E-state index in [1.54, 1.807) is 12.1 Å². The number of amides is 1. The van der Waals surface area contributed by atoms with Crippen molar-refractivity contribution in [3.63, 3.8) is 0 Å². The molecule has 0 aliphatic heterocycles. The van der Waals surface area contributed by atoms with E-state index in [1.165, 1.54) is 29.1 Å². The molecule has 0 saturated carbocycles. The van der Waals surface area contributed by atoms with Gasteiger partial charge in [-0.25, -0.2) is 9.37 Å². The molecule has 1 aromatic heterocycles. The summed E-state index contributed by atoms with van der Waals surface area (Å²) in [4.78, 5) is 28.6. The highest BCUT2D eigenvalue weighted by atomic mass is 19.1. The minimum atomic E-state index is -0.344. The lowest BCUT2D eigenvalue weighted by Gasteiger charge is -2.09. The molecule has 2 aromatic carbocycles. The van der Waals surface area contributed by atoms with E-state index in [0.717, 1.165) is 11.3 Å². The van der Waals surface area contributed by atoms with Gasteiger partial charge in [0.05, 0.1) is 25.0 Å². The van der Waals surface area contributed by atoms with Gasteiger partial charge in [-0.2, -0.15) is 0 Å². The summed E-state index contributed by atoms with van der Waals surface area (Å²) in [6.45, 7) is 3.13. The van der Waals surface area contributed by atoms with Crippen LogP contribution in [-0.4, -0.2) is 28.6 Å². The van der Waals surface area contributed by atoms with Crippen LogP contribution in [0.2, 0.25) is 0 Å². The second-order valence-electron chi connectivity index (χ2n) is 6.42. The van der Waals surface area contributed by atoms with Crippen LogP contribution in [0, 0.1) is 5.82 Å². The zero-order valence-corrected chi connectivity index (χ0v) is 16.1. The maximum atomic E-state index is 13.0. The quantitative estimate of drug-likeness (QED) is 0.637. The van der Waals surface area contributed by atoms with Crippen molar-refractivity contribution in [1.29, 1.82) is 0 Å². The van der Waals surface area contributed by atoms with Crippen LogP contribution in [0.25, 0.3) is 11.3 Å². The van der Waals surface area contributed by atoms with Gasteiger partial charge in [-0.1, -0.05) is 12.1 Å². The fraction of sp³-hybridized carbons (Fsp3) is 0.227. The number of aromatic nitrogens is 2. The Morgan fingerprint density at radius 3 is 2.52 bits per heavy atom. The molecule has 3 rings (SSSR count). The van der Waals surface area contributed by atoms with E-state index in [1.807, 2.05) is 31.2 Å². The van der Waals surface area contributed by atoms with Crippen LogP contribution < -0.4 is 15.6 Å². The Balaban J connectivity index is 1.51. The second kappa shape index (κ2) is 9.64. The highest BCUT2D eigenvalue weighted by molar-refractivity contribution is 5.78. The summed E-state index contributed by atoms with van der Waals surface area (Å²) in [6, 6.07) is 14.6. The Labute approximate surface area is 168 Å². The molecule has 6 nitrogen and oxygen atoms in total. The van der Waals surface area contributed by atoms with Gasteiger partial charge < -0.3 is 10.1 Å². The van der Waals surface area contributed by atoms with Gasteiger partial charge in [0, 0.05) is 24.7 Å². The average molecular weight is 395 g/mol. The topological polar surface area (TPSA) is 73.2 Å². The number of nitrogens with zero attached hydrogens (tertiary/aromatic N) is 2. The van der Waals surface area contributed by atoms with Gasteiger partial charge in [-0.15, -0.1) is 0 Å². The Morgan fingerprint density at radius 1 is 1.14 bits per heavy atom. The molecular weight excluding hydrogens is 373 g/mol. The van der Waals surface area contributed by atoms with Crippen LogP contribution >= 0.6 is 0 Å². The first-order valence-electron chi connectivity index (χ1n) is 9.36. The van der Waals surface area contributed by atoms with E-state index >= 15 is 0 Å². The van der Waals surface area contributed by atoms with Gasteiger partial charge in [-0.05, 0) is 48.9 Å². The second-order valence-corrected chi connectivity index (χ2v) is 6.42. The lowest BCUT2D eigenvalue weighted by atomic mass is 10.1.